The van der Waals surface area contributed by atoms with Crippen molar-refractivity contribution in [2.75, 3.05) is 11.4 Å². The lowest BCUT2D eigenvalue weighted by Gasteiger charge is -2.31. The number of hydrogen-bond acceptors (Lipinski definition) is 3. The fourth-order valence-electron chi connectivity index (χ4n) is 2.75. The summed E-state index contributed by atoms with van der Waals surface area (Å²) in [4.78, 5) is 6.77. The molecule has 0 bridgehead atoms. The van der Waals surface area contributed by atoms with Crippen LogP contribution in [0.15, 0.2) is 30.6 Å². The number of fused-ring (bicyclic) bond motifs is 1. The Bertz CT molecular complexity index is 606. The molecule has 106 valence electrons. The average Bonchev–Trinajstić information content (AvgIpc) is 2.85. The summed E-state index contributed by atoms with van der Waals surface area (Å²) in [6, 6.07) is 6.20. The van der Waals surface area contributed by atoms with Crippen LogP contribution in [0.5, 0.6) is 0 Å². The third kappa shape index (κ3) is 2.67. The summed E-state index contributed by atoms with van der Waals surface area (Å²) in [6.07, 6.45) is 4.74. The molecule has 5 heteroatoms. The Morgan fingerprint density at radius 1 is 1.40 bits per heavy atom. The molecule has 1 aliphatic rings. The molecular weight excluding hydrogens is 272 g/mol. The maximum atomic E-state index is 6.13. The van der Waals surface area contributed by atoms with Gasteiger partial charge in [0.2, 0.25) is 0 Å². The lowest BCUT2D eigenvalue weighted by Crippen LogP contribution is -2.34. The maximum absolute atomic E-state index is 6.13. The molecule has 0 spiro atoms. The minimum absolute atomic E-state index is 0.124. The molecule has 1 aliphatic heterocycles. The summed E-state index contributed by atoms with van der Waals surface area (Å²) in [5, 5.41) is 0.767. The second-order valence-electron chi connectivity index (χ2n) is 5.41. The van der Waals surface area contributed by atoms with Gasteiger partial charge in [-0.15, -0.1) is 0 Å². The largest absolute Gasteiger partial charge is 0.362 e. The number of nitrogens with two attached hydrogens (primary N) is 1. The van der Waals surface area contributed by atoms with Crippen LogP contribution in [-0.4, -0.2) is 22.1 Å². The molecular formula is C15H19ClN4. The number of anilines is 1. The van der Waals surface area contributed by atoms with Crippen LogP contribution in [0.2, 0.25) is 5.02 Å². The predicted molar refractivity (Wildman–Crippen MR) is 82.1 cm³/mol. The SMILES string of the molecule is CC(N)Cc1cc(Cl)ccc1N1CCn2ccnc2C1. The zero-order valence-corrected chi connectivity index (χ0v) is 12.3. The van der Waals surface area contributed by atoms with Crippen molar-refractivity contribution in [3.8, 4) is 0 Å². The molecule has 1 atom stereocenters. The van der Waals surface area contributed by atoms with Crippen LogP contribution < -0.4 is 10.6 Å². The Morgan fingerprint density at radius 3 is 3.05 bits per heavy atom. The van der Waals surface area contributed by atoms with E-state index in [0.717, 1.165) is 36.9 Å². The van der Waals surface area contributed by atoms with E-state index in [1.54, 1.807) is 0 Å². The molecule has 3 rings (SSSR count). The fraction of sp³-hybridized carbons (Fsp3) is 0.400. The minimum atomic E-state index is 0.124. The van der Waals surface area contributed by atoms with E-state index < -0.39 is 0 Å². The van der Waals surface area contributed by atoms with Crippen molar-refractivity contribution in [1.82, 2.24) is 9.55 Å². The number of benzene rings is 1. The zero-order chi connectivity index (χ0) is 14.1. The van der Waals surface area contributed by atoms with Gasteiger partial charge in [0.1, 0.15) is 5.82 Å². The van der Waals surface area contributed by atoms with E-state index in [1.807, 2.05) is 31.5 Å². The van der Waals surface area contributed by atoms with E-state index in [0.29, 0.717) is 0 Å². The van der Waals surface area contributed by atoms with E-state index >= 15 is 0 Å². The maximum Gasteiger partial charge on any atom is 0.128 e. The Kier molecular flexibility index (Phi) is 3.68. The van der Waals surface area contributed by atoms with Crippen LogP contribution in [0.4, 0.5) is 5.69 Å². The summed E-state index contributed by atoms with van der Waals surface area (Å²) in [7, 11) is 0. The summed E-state index contributed by atoms with van der Waals surface area (Å²) in [5.41, 5.74) is 8.39. The average molecular weight is 291 g/mol. The lowest BCUT2D eigenvalue weighted by molar-refractivity contribution is 0.558. The number of halogens is 1. The monoisotopic (exact) mass is 290 g/mol. The van der Waals surface area contributed by atoms with Crippen LogP contribution in [0.3, 0.4) is 0 Å². The van der Waals surface area contributed by atoms with Gasteiger partial charge < -0.3 is 15.2 Å². The molecule has 0 aliphatic carbocycles. The van der Waals surface area contributed by atoms with Crippen LogP contribution in [-0.2, 0) is 19.5 Å². The Balaban J connectivity index is 1.90. The van der Waals surface area contributed by atoms with Crippen molar-refractivity contribution < 1.29 is 0 Å². The molecule has 0 saturated heterocycles. The van der Waals surface area contributed by atoms with Crippen molar-refractivity contribution >= 4 is 17.3 Å². The molecule has 1 unspecified atom stereocenters. The van der Waals surface area contributed by atoms with Gasteiger partial charge in [-0.05, 0) is 37.1 Å². The highest BCUT2D eigenvalue weighted by molar-refractivity contribution is 6.30. The van der Waals surface area contributed by atoms with Gasteiger partial charge >= 0.3 is 0 Å². The highest BCUT2D eigenvalue weighted by atomic mass is 35.5. The summed E-state index contributed by atoms with van der Waals surface area (Å²) in [6.45, 7) is 4.81. The first-order chi connectivity index (χ1) is 9.63. The second kappa shape index (κ2) is 5.46. The van der Waals surface area contributed by atoms with E-state index in [9.17, 15) is 0 Å². The standard InChI is InChI=1S/C15H19ClN4/c1-11(17)8-12-9-13(16)2-3-14(12)20-7-6-19-5-4-18-15(19)10-20/h2-5,9,11H,6-8,10,17H2,1H3. The molecule has 2 aromatic rings. The van der Waals surface area contributed by atoms with Gasteiger partial charge in [0.05, 0.1) is 6.54 Å². The number of nitrogens with zero attached hydrogens (tertiary/aromatic N) is 3. The van der Waals surface area contributed by atoms with Crippen molar-refractivity contribution in [1.29, 1.82) is 0 Å². The van der Waals surface area contributed by atoms with Crippen molar-refractivity contribution in [3.05, 3.63) is 47.0 Å². The first-order valence-corrected chi connectivity index (χ1v) is 7.30. The predicted octanol–water partition coefficient (Wildman–Crippen LogP) is 2.45. The van der Waals surface area contributed by atoms with Crippen LogP contribution >= 0.6 is 11.6 Å². The normalized spacial score (nSPS) is 16.1. The second-order valence-corrected chi connectivity index (χ2v) is 5.85. The van der Waals surface area contributed by atoms with Gasteiger partial charge in [-0.3, -0.25) is 0 Å². The number of imidazole rings is 1. The van der Waals surface area contributed by atoms with Gasteiger partial charge in [-0.25, -0.2) is 4.98 Å². The molecule has 2 heterocycles. The summed E-state index contributed by atoms with van der Waals surface area (Å²) >= 11 is 6.13. The quantitative estimate of drug-likeness (QED) is 0.944. The first-order valence-electron chi connectivity index (χ1n) is 6.92. The molecule has 4 nitrogen and oxygen atoms in total. The minimum Gasteiger partial charge on any atom is -0.362 e. The Labute approximate surface area is 124 Å². The van der Waals surface area contributed by atoms with Crippen molar-refractivity contribution in [2.24, 2.45) is 5.73 Å². The van der Waals surface area contributed by atoms with Crippen molar-refractivity contribution in [2.45, 2.75) is 32.5 Å². The molecule has 0 radical (unpaired) electrons. The van der Waals surface area contributed by atoms with Gasteiger partial charge in [0, 0.05) is 42.2 Å². The van der Waals surface area contributed by atoms with E-state index in [4.69, 9.17) is 17.3 Å². The summed E-state index contributed by atoms with van der Waals surface area (Å²) < 4.78 is 2.21. The number of hydrogen-bond donors (Lipinski definition) is 1. The smallest absolute Gasteiger partial charge is 0.128 e. The Hall–Kier alpha value is -1.52. The molecule has 0 saturated carbocycles. The molecule has 1 aromatic carbocycles. The highest BCUT2D eigenvalue weighted by Gasteiger charge is 2.19. The van der Waals surface area contributed by atoms with Crippen molar-refractivity contribution in [3.63, 3.8) is 0 Å². The third-order valence-electron chi connectivity index (χ3n) is 3.67. The van der Waals surface area contributed by atoms with Crippen LogP contribution in [0.1, 0.15) is 18.3 Å². The molecule has 0 amide bonds. The van der Waals surface area contributed by atoms with E-state index in [2.05, 4.69) is 20.5 Å². The van der Waals surface area contributed by atoms with Gasteiger partial charge in [0.15, 0.2) is 0 Å². The number of rotatable bonds is 3. The summed E-state index contributed by atoms with van der Waals surface area (Å²) in [5.74, 6) is 1.11. The molecule has 20 heavy (non-hydrogen) atoms. The van der Waals surface area contributed by atoms with Crippen LogP contribution in [0, 0.1) is 0 Å². The lowest BCUT2D eigenvalue weighted by atomic mass is 10.0. The fourth-order valence-corrected chi connectivity index (χ4v) is 2.95. The molecule has 0 fully saturated rings. The van der Waals surface area contributed by atoms with E-state index in [1.165, 1.54) is 11.3 Å². The third-order valence-corrected chi connectivity index (χ3v) is 3.90. The number of aromatic nitrogens is 2. The zero-order valence-electron chi connectivity index (χ0n) is 11.6. The highest BCUT2D eigenvalue weighted by Crippen LogP contribution is 2.28. The first kappa shape index (κ1) is 13.5. The molecule has 1 aromatic heterocycles. The topological polar surface area (TPSA) is 47.1 Å². The Morgan fingerprint density at radius 2 is 2.25 bits per heavy atom. The van der Waals surface area contributed by atoms with Gasteiger partial charge in [0.25, 0.3) is 0 Å². The van der Waals surface area contributed by atoms with Gasteiger partial charge in [-0.1, -0.05) is 11.6 Å². The van der Waals surface area contributed by atoms with Crippen LogP contribution in [0.25, 0.3) is 0 Å². The van der Waals surface area contributed by atoms with Gasteiger partial charge in [-0.2, -0.15) is 0 Å². The van der Waals surface area contributed by atoms with E-state index in [-0.39, 0.29) is 6.04 Å². The molecule has 2 N–H and O–H groups in total.